The van der Waals surface area contributed by atoms with E-state index in [-0.39, 0.29) is 5.75 Å². The molecule has 0 aromatic heterocycles. The molecule has 1 saturated heterocycles. The zero-order valence-electron chi connectivity index (χ0n) is 10.1. The maximum Gasteiger partial charge on any atom is 0.215 e. The average Bonchev–Trinajstić information content (AvgIpc) is 2.78. The molecule has 2 rings (SSSR count). The lowest BCUT2D eigenvalue weighted by atomic mass is 9.91. The van der Waals surface area contributed by atoms with Crippen molar-refractivity contribution in [1.29, 1.82) is 5.26 Å². The molecule has 1 aliphatic heterocycles. The van der Waals surface area contributed by atoms with Crippen molar-refractivity contribution in [2.24, 2.45) is 5.92 Å². The first-order chi connectivity index (χ1) is 8.13. The predicted molar refractivity (Wildman–Crippen MR) is 65.7 cm³/mol. The van der Waals surface area contributed by atoms with Crippen LogP contribution in [-0.4, -0.2) is 31.1 Å². The van der Waals surface area contributed by atoms with Crippen molar-refractivity contribution < 1.29 is 8.42 Å². The molecule has 1 aliphatic carbocycles. The van der Waals surface area contributed by atoms with Crippen LogP contribution in [-0.2, 0) is 10.0 Å². The minimum absolute atomic E-state index is 0.255. The molecule has 1 heterocycles. The Morgan fingerprint density at radius 2 is 1.82 bits per heavy atom. The Labute approximate surface area is 104 Å². The summed E-state index contributed by atoms with van der Waals surface area (Å²) in [5, 5.41) is 8.95. The van der Waals surface area contributed by atoms with E-state index in [1.807, 2.05) is 0 Å². The lowest BCUT2D eigenvalue weighted by Gasteiger charge is -2.25. The topological polar surface area (TPSA) is 61.2 Å². The fraction of sp³-hybridized carbons (Fsp3) is 0.917. The van der Waals surface area contributed by atoms with Crippen LogP contribution in [0.1, 0.15) is 44.9 Å². The van der Waals surface area contributed by atoms with Gasteiger partial charge in [0.25, 0.3) is 0 Å². The largest absolute Gasteiger partial charge is 0.215 e. The van der Waals surface area contributed by atoms with E-state index < -0.39 is 16.1 Å². The molecule has 0 amide bonds. The van der Waals surface area contributed by atoms with Gasteiger partial charge in [-0.2, -0.15) is 9.57 Å². The van der Waals surface area contributed by atoms with Crippen LogP contribution < -0.4 is 0 Å². The molecule has 0 aromatic rings. The van der Waals surface area contributed by atoms with Crippen molar-refractivity contribution in [3.8, 4) is 6.07 Å². The van der Waals surface area contributed by atoms with Crippen LogP contribution in [0.5, 0.6) is 0 Å². The molecule has 1 unspecified atom stereocenters. The summed E-state index contributed by atoms with van der Waals surface area (Å²) in [6.45, 7) is 0.535. The van der Waals surface area contributed by atoms with Crippen molar-refractivity contribution in [3.63, 3.8) is 0 Å². The highest BCUT2D eigenvalue weighted by Gasteiger charge is 2.35. The Kier molecular flexibility index (Phi) is 4.05. The number of sulfonamides is 1. The van der Waals surface area contributed by atoms with Crippen molar-refractivity contribution in [3.05, 3.63) is 0 Å². The summed E-state index contributed by atoms with van der Waals surface area (Å²) in [6.07, 6.45) is 7.13. The van der Waals surface area contributed by atoms with E-state index in [9.17, 15) is 8.42 Å². The van der Waals surface area contributed by atoms with Gasteiger partial charge in [-0.25, -0.2) is 8.42 Å². The summed E-state index contributed by atoms with van der Waals surface area (Å²) in [5.41, 5.74) is 0. The van der Waals surface area contributed by atoms with Crippen LogP contribution in [0.4, 0.5) is 0 Å². The third-order valence-electron chi connectivity index (χ3n) is 3.88. The standard InChI is InChI=1S/C12H20N2O2S/c13-9-12-7-4-8-14(12)17(15,16)10-11-5-2-1-3-6-11/h11-12H,1-8,10H2. The fourth-order valence-corrected chi connectivity index (χ4v) is 5.02. The quantitative estimate of drug-likeness (QED) is 0.774. The van der Waals surface area contributed by atoms with E-state index in [0.29, 0.717) is 18.9 Å². The minimum Gasteiger partial charge on any atom is -0.212 e. The molecule has 1 atom stereocenters. The third-order valence-corrected chi connectivity index (χ3v) is 5.93. The lowest BCUT2D eigenvalue weighted by Crippen LogP contribution is -2.38. The van der Waals surface area contributed by atoms with E-state index in [4.69, 9.17) is 5.26 Å². The van der Waals surface area contributed by atoms with Gasteiger partial charge in [0.05, 0.1) is 11.8 Å². The first kappa shape index (κ1) is 12.8. The zero-order chi connectivity index (χ0) is 12.3. The van der Waals surface area contributed by atoms with Crippen molar-refractivity contribution in [2.75, 3.05) is 12.3 Å². The second-order valence-electron chi connectivity index (χ2n) is 5.18. The van der Waals surface area contributed by atoms with Crippen LogP contribution in [0.3, 0.4) is 0 Å². The fourth-order valence-electron chi connectivity index (χ4n) is 2.95. The van der Waals surface area contributed by atoms with Gasteiger partial charge in [0, 0.05) is 6.54 Å². The smallest absolute Gasteiger partial charge is 0.212 e. The summed E-state index contributed by atoms with van der Waals surface area (Å²) in [6, 6.07) is 1.69. The van der Waals surface area contributed by atoms with Gasteiger partial charge in [0.1, 0.15) is 6.04 Å². The monoisotopic (exact) mass is 256 g/mol. The Bertz CT molecular complexity index is 393. The molecule has 0 radical (unpaired) electrons. The predicted octanol–water partition coefficient (Wildman–Crippen LogP) is 1.88. The molecule has 5 heteroatoms. The SMILES string of the molecule is N#CC1CCCN1S(=O)(=O)CC1CCCCC1. The molecule has 96 valence electrons. The van der Waals surface area contributed by atoms with Crippen LogP contribution in [0.25, 0.3) is 0 Å². The molecule has 17 heavy (non-hydrogen) atoms. The summed E-state index contributed by atoms with van der Waals surface area (Å²) < 4.78 is 25.9. The maximum absolute atomic E-state index is 12.2. The van der Waals surface area contributed by atoms with E-state index in [1.54, 1.807) is 0 Å². The molecule has 1 saturated carbocycles. The highest BCUT2D eigenvalue weighted by atomic mass is 32.2. The Balaban J connectivity index is 2.00. The molecule has 2 aliphatic rings. The average molecular weight is 256 g/mol. The Morgan fingerprint density at radius 1 is 1.12 bits per heavy atom. The van der Waals surface area contributed by atoms with Gasteiger partial charge in [0.15, 0.2) is 0 Å². The van der Waals surface area contributed by atoms with E-state index in [0.717, 1.165) is 32.1 Å². The van der Waals surface area contributed by atoms with Gasteiger partial charge in [-0.05, 0) is 31.6 Å². The highest BCUT2D eigenvalue weighted by molar-refractivity contribution is 7.89. The van der Waals surface area contributed by atoms with Gasteiger partial charge < -0.3 is 0 Å². The first-order valence-corrected chi connectivity index (χ1v) is 8.13. The summed E-state index contributed by atoms with van der Waals surface area (Å²) in [5.74, 6) is 0.569. The molecular weight excluding hydrogens is 236 g/mol. The molecular formula is C12H20N2O2S. The normalized spacial score (nSPS) is 28.1. The second kappa shape index (κ2) is 5.36. The minimum atomic E-state index is -3.21. The van der Waals surface area contributed by atoms with Crippen LogP contribution >= 0.6 is 0 Å². The molecule has 0 N–H and O–H groups in total. The van der Waals surface area contributed by atoms with Crippen LogP contribution in [0, 0.1) is 17.2 Å². The molecule has 4 nitrogen and oxygen atoms in total. The first-order valence-electron chi connectivity index (χ1n) is 6.52. The summed E-state index contributed by atoms with van der Waals surface area (Å²) >= 11 is 0. The summed E-state index contributed by atoms with van der Waals surface area (Å²) in [4.78, 5) is 0. The maximum atomic E-state index is 12.2. The van der Waals surface area contributed by atoms with Gasteiger partial charge in [-0.1, -0.05) is 19.3 Å². The van der Waals surface area contributed by atoms with E-state index in [1.165, 1.54) is 10.7 Å². The lowest BCUT2D eigenvalue weighted by molar-refractivity contribution is 0.370. The molecule has 0 spiro atoms. The molecule has 2 fully saturated rings. The second-order valence-corrected chi connectivity index (χ2v) is 7.15. The molecule has 0 bridgehead atoms. The Morgan fingerprint density at radius 3 is 2.47 bits per heavy atom. The zero-order valence-corrected chi connectivity index (χ0v) is 11.0. The van der Waals surface area contributed by atoms with Gasteiger partial charge in [0.2, 0.25) is 10.0 Å². The number of nitrogens with zero attached hydrogens (tertiary/aromatic N) is 2. The number of rotatable bonds is 3. The molecule has 0 aromatic carbocycles. The summed E-state index contributed by atoms with van der Waals surface area (Å²) in [7, 11) is -3.21. The van der Waals surface area contributed by atoms with Gasteiger partial charge >= 0.3 is 0 Å². The van der Waals surface area contributed by atoms with Crippen molar-refractivity contribution in [2.45, 2.75) is 51.0 Å². The van der Waals surface area contributed by atoms with Gasteiger partial charge in [-0.3, -0.25) is 0 Å². The van der Waals surface area contributed by atoms with Gasteiger partial charge in [-0.15, -0.1) is 0 Å². The van der Waals surface area contributed by atoms with Crippen molar-refractivity contribution in [1.82, 2.24) is 4.31 Å². The van der Waals surface area contributed by atoms with E-state index >= 15 is 0 Å². The van der Waals surface area contributed by atoms with Crippen molar-refractivity contribution >= 4 is 10.0 Å². The Hall–Kier alpha value is -0.600. The van der Waals surface area contributed by atoms with Crippen LogP contribution in [0.2, 0.25) is 0 Å². The highest BCUT2D eigenvalue weighted by Crippen LogP contribution is 2.28. The van der Waals surface area contributed by atoms with Crippen LogP contribution in [0.15, 0.2) is 0 Å². The number of hydrogen-bond donors (Lipinski definition) is 0. The number of hydrogen-bond acceptors (Lipinski definition) is 3. The third kappa shape index (κ3) is 2.99. The number of nitriles is 1. The van der Waals surface area contributed by atoms with E-state index in [2.05, 4.69) is 6.07 Å².